The third kappa shape index (κ3) is 3.45. The Labute approximate surface area is 176 Å². The molecule has 0 fully saturated rings. The first-order valence-corrected chi connectivity index (χ1v) is 9.79. The largest absolute Gasteiger partial charge is 0.495 e. The zero-order valence-corrected chi connectivity index (χ0v) is 17.5. The van der Waals surface area contributed by atoms with E-state index in [9.17, 15) is 0 Å². The summed E-state index contributed by atoms with van der Waals surface area (Å²) in [6.45, 7) is 0. The Hall–Kier alpha value is -3.54. The molecule has 1 aliphatic carbocycles. The lowest BCUT2D eigenvalue weighted by atomic mass is 9.94. The molecule has 0 radical (unpaired) electrons. The molecule has 156 valence electrons. The molecule has 3 aromatic carbocycles. The Kier molecular flexibility index (Phi) is 5.08. The Morgan fingerprint density at radius 3 is 0.933 bits per heavy atom. The van der Waals surface area contributed by atoms with Crippen molar-refractivity contribution in [3.05, 3.63) is 69.8 Å². The average molecular weight is 405 g/mol. The lowest BCUT2D eigenvalue weighted by molar-refractivity contribution is 0.416. The molecule has 3 aromatic rings. The first-order valence-electron chi connectivity index (χ1n) is 9.79. The normalized spacial score (nSPS) is 12.5. The number of hydrogen-bond acceptors (Lipinski definition) is 6. The van der Waals surface area contributed by atoms with Crippen LogP contribution in [0.15, 0.2) is 36.4 Å². The van der Waals surface area contributed by atoms with Crippen molar-refractivity contribution in [2.75, 3.05) is 38.5 Å². The minimum absolute atomic E-state index is 0.619. The molecular weight excluding hydrogens is 378 g/mol. The second-order valence-corrected chi connectivity index (χ2v) is 7.62. The van der Waals surface area contributed by atoms with Gasteiger partial charge in [0.15, 0.2) is 0 Å². The van der Waals surface area contributed by atoms with Crippen molar-refractivity contribution in [3.63, 3.8) is 0 Å². The monoisotopic (exact) mass is 405 g/mol. The van der Waals surface area contributed by atoms with E-state index in [1.807, 2.05) is 36.4 Å². The van der Waals surface area contributed by atoms with Crippen molar-refractivity contribution >= 4 is 17.1 Å². The van der Waals surface area contributed by atoms with Gasteiger partial charge in [-0.05, 0) is 89.0 Å². The summed E-state index contributed by atoms with van der Waals surface area (Å²) >= 11 is 0. The summed E-state index contributed by atoms with van der Waals surface area (Å²) in [4.78, 5) is 0. The molecule has 0 saturated heterocycles. The van der Waals surface area contributed by atoms with E-state index in [1.165, 1.54) is 0 Å². The fraction of sp³-hybridized carbons (Fsp3) is 0.250. The average Bonchev–Trinajstić information content (AvgIpc) is 2.78. The highest BCUT2D eigenvalue weighted by Gasteiger charge is 2.20. The minimum atomic E-state index is 0.619. The van der Waals surface area contributed by atoms with Crippen molar-refractivity contribution in [2.24, 2.45) is 0 Å². The summed E-state index contributed by atoms with van der Waals surface area (Å²) in [5, 5.41) is 0. The third-order valence-corrected chi connectivity index (χ3v) is 5.80. The van der Waals surface area contributed by atoms with Crippen molar-refractivity contribution in [1.82, 2.24) is 0 Å². The molecule has 6 heteroatoms. The van der Waals surface area contributed by atoms with Gasteiger partial charge in [0, 0.05) is 0 Å². The predicted octanol–water partition coefficient (Wildman–Crippen LogP) is 3.54. The van der Waals surface area contributed by atoms with E-state index in [0.717, 1.165) is 52.6 Å². The van der Waals surface area contributed by atoms with Crippen LogP contribution in [0.5, 0.6) is 17.2 Å². The van der Waals surface area contributed by atoms with E-state index >= 15 is 0 Å². The van der Waals surface area contributed by atoms with Crippen LogP contribution in [0.3, 0.4) is 0 Å². The highest BCUT2D eigenvalue weighted by atomic mass is 16.5. The number of rotatable bonds is 3. The van der Waals surface area contributed by atoms with Crippen LogP contribution in [-0.2, 0) is 19.3 Å². The standard InChI is InChI=1S/C24H27N3O3/c1-28-22-10-16-4-14-8-20(26)24(30-3)12-18(14)6-15-9-21(27)23(29-2)11-17(15)5-13(16)7-19(22)25/h7-12H,4-6,25-27H2,1-3H3. The maximum Gasteiger partial charge on any atom is 0.142 e. The molecule has 4 rings (SSSR count). The molecule has 0 atom stereocenters. The van der Waals surface area contributed by atoms with Crippen molar-refractivity contribution in [3.8, 4) is 17.2 Å². The van der Waals surface area contributed by atoms with Gasteiger partial charge in [0.05, 0.1) is 38.4 Å². The molecule has 0 bridgehead atoms. The molecule has 6 nitrogen and oxygen atoms in total. The van der Waals surface area contributed by atoms with Crippen LogP contribution < -0.4 is 31.4 Å². The number of nitrogens with two attached hydrogens (primary N) is 3. The predicted molar refractivity (Wildman–Crippen MR) is 121 cm³/mol. The molecule has 30 heavy (non-hydrogen) atoms. The highest BCUT2D eigenvalue weighted by molar-refractivity contribution is 5.64. The molecule has 0 aliphatic heterocycles. The summed E-state index contributed by atoms with van der Waals surface area (Å²) < 4.78 is 16.4. The quantitative estimate of drug-likeness (QED) is 0.450. The van der Waals surface area contributed by atoms with Gasteiger partial charge in [0.1, 0.15) is 17.2 Å². The van der Waals surface area contributed by atoms with Gasteiger partial charge in [-0.3, -0.25) is 0 Å². The van der Waals surface area contributed by atoms with Crippen molar-refractivity contribution in [1.29, 1.82) is 0 Å². The van der Waals surface area contributed by atoms with E-state index in [0.29, 0.717) is 34.3 Å². The van der Waals surface area contributed by atoms with Gasteiger partial charge in [0.25, 0.3) is 0 Å². The van der Waals surface area contributed by atoms with E-state index in [1.54, 1.807) is 21.3 Å². The zero-order valence-electron chi connectivity index (χ0n) is 17.5. The number of benzene rings is 3. The molecule has 0 amide bonds. The molecular formula is C24H27N3O3. The second kappa shape index (κ2) is 7.71. The number of nitrogen functional groups attached to an aromatic ring is 3. The second-order valence-electron chi connectivity index (χ2n) is 7.62. The van der Waals surface area contributed by atoms with E-state index in [4.69, 9.17) is 31.4 Å². The van der Waals surface area contributed by atoms with Gasteiger partial charge >= 0.3 is 0 Å². The first-order chi connectivity index (χ1) is 14.4. The maximum absolute atomic E-state index is 6.23. The highest BCUT2D eigenvalue weighted by Crippen LogP contribution is 2.37. The van der Waals surface area contributed by atoms with Gasteiger partial charge < -0.3 is 31.4 Å². The summed E-state index contributed by atoms with van der Waals surface area (Å²) in [6.07, 6.45) is 2.16. The van der Waals surface area contributed by atoms with Crippen LogP contribution in [0.25, 0.3) is 0 Å². The number of ether oxygens (including phenoxy) is 3. The van der Waals surface area contributed by atoms with E-state index in [2.05, 4.69) is 0 Å². The van der Waals surface area contributed by atoms with Crippen LogP contribution >= 0.6 is 0 Å². The van der Waals surface area contributed by atoms with Crippen molar-refractivity contribution in [2.45, 2.75) is 19.3 Å². The van der Waals surface area contributed by atoms with E-state index in [-0.39, 0.29) is 0 Å². The molecule has 0 spiro atoms. The lowest BCUT2D eigenvalue weighted by Gasteiger charge is -2.15. The molecule has 0 heterocycles. The topological polar surface area (TPSA) is 106 Å². The van der Waals surface area contributed by atoms with Gasteiger partial charge in [-0.2, -0.15) is 0 Å². The lowest BCUT2D eigenvalue weighted by Crippen LogP contribution is -2.03. The molecule has 0 aromatic heterocycles. The Morgan fingerprint density at radius 2 is 0.700 bits per heavy atom. The fourth-order valence-electron chi connectivity index (χ4n) is 4.19. The Morgan fingerprint density at radius 1 is 0.467 bits per heavy atom. The van der Waals surface area contributed by atoms with Gasteiger partial charge in [-0.25, -0.2) is 0 Å². The van der Waals surface area contributed by atoms with Crippen LogP contribution in [0.2, 0.25) is 0 Å². The number of methoxy groups -OCH3 is 3. The van der Waals surface area contributed by atoms with Gasteiger partial charge in [0.2, 0.25) is 0 Å². The smallest absolute Gasteiger partial charge is 0.142 e. The summed E-state index contributed by atoms with van der Waals surface area (Å²) in [6, 6.07) is 12.1. The zero-order chi connectivity index (χ0) is 21.4. The fourth-order valence-corrected chi connectivity index (χ4v) is 4.19. The number of hydrogen-bond donors (Lipinski definition) is 3. The van der Waals surface area contributed by atoms with Crippen molar-refractivity contribution < 1.29 is 14.2 Å². The van der Waals surface area contributed by atoms with Crippen LogP contribution in [0.4, 0.5) is 17.1 Å². The van der Waals surface area contributed by atoms with Crippen LogP contribution in [0, 0.1) is 0 Å². The third-order valence-electron chi connectivity index (χ3n) is 5.80. The summed E-state index contributed by atoms with van der Waals surface area (Å²) in [7, 11) is 4.90. The molecule has 0 saturated carbocycles. The van der Waals surface area contributed by atoms with Gasteiger partial charge in [-0.15, -0.1) is 0 Å². The molecule has 6 N–H and O–H groups in total. The molecule has 0 unspecified atom stereocenters. The van der Waals surface area contributed by atoms with E-state index < -0.39 is 0 Å². The van der Waals surface area contributed by atoms with Crippen LogP contribution in [0.1, 0.15) is 33.4 Å². The SMILES string of the molecule is COc1cc2c(cc1N)Cc1cc(OC)c(N)cc1Cc1cc(OC)c(N)cc1C2. The summed E-state index contributed by atoms with van der Waals surface area (Å²) in [5.74, 6) is 2.02. The Balaban J connectivity index is 1.98. The minimum Gasteiger partial charge on any atom is -0.495 e. The van der Waals surface area contributed by atoms with Gasteiger partial charge in [-0.1, -0.05) is 0 Å². The van der Waals surface area contributed by atoms with Crippen LogP contribution in [-0.4, -0.2) is 21.3 Å². The number of fused-ring (bicyclic) bond motifs is 3. The Bertz CT molecular complexity index is 984. The maximum atomic E-state index is 6.23. The number of anilines is 3. The summed E-state index contributed by atoms with van der Waals surface area (Å²) in [5.41, 5.74) is 27.4. The molecule has 1 aliphatic rings. The first kappa shape index (κ1) is 19.8.